The van der Waals surface area contributed by atoms with Gasteiger partial charge in [-0.15, -0.1) is 0 Å². The number of nitrogens with one attached hydrogen (secondary N) is 1. The van der Waals surface area contributed by atoms with Gasteiger partial charge in [-0.1, -0.05) is 18.2 Å². The number of amides is 1. The van der Waals surface area contributed by atoms with Crippen molar-refractivity contribution in [3.8, 4) is 5.75 Å². The standard InChI is InChI=1S/C19H24N4O2/c1-13-6-4-5-7-16(13)25-11-10-23-18(24)9-8-15-14(2)21-17(12-20-3)22-19(15)23/h4-7,20H,8-12H2,1-3H3. The molecule has 0 radical (unpaired) electrons. The molecule has 0 fully saturated rings. The number of hydrogen-bond donors (Lipinski definition) is 1. The first-order chi connectivity index (χ1) is 12.1. The maximum atomic E-state index is 12.4. The largest absolute Gasteiger partial charge is 0.491 e. The first-order valence-electron chi connectivity index (χ1n) is 8.60. The summed E-state index contributed by atoms with van der Waals surface area (Å²) in [5, 5.41) is 3.06. The lowest BCUT2D eigenvalue weighted by atomic mass is 10.0. The molecule has 132 valence electrons. The number of benzene rings is 1. The Morgan fingerprint density at radius 2 is 2.00 bits per heavy atom. The molecule has 0 saturated carbocycles. The van der Waals surface area contributed by atoms with Crippen molar-refractivity contribution in [2.75, 3.05) is 25.1 Å². The van der Waals surface area contributed by atoms with E-state index >= 15 is 0 Å². The number of rotatable bonds is 6. The van der Waals surface area contributed by atoms with Crippen molar-refractivity contribution >= 4 is 11.7 Å². The summed E-state index contributed by atoms with van der Waals surface area (Å²) < 4.78 is 5.86. The van der Waals surface area contributed by atoms with Gasteiger partial charge in [0.15, 0.2) is 0 Å². The summed E-state index contributed by atoms with van der Waals surface area (Å²) in [4.78, 5) is 23.3. The summed E-state index contributed by atoms with van der Waals surface area (Å²) in [5.74, 6) is 2.39. The number of aryl methyl sites for hydroxylation is 2. The zero-order chi connectivity index (χ0) is 17.8. The molecule has 1 aliphatic rings. The molecule has 1 aromatic carbocycles. The van der Waals surface area contributed by atoms with Crippen molar-refractivity contribution in [2.45, 2.75) is 33.2 Å². The molecule has 1 amide bonds. The van der Waals surface area contributed by atoms with Crippen LogP contribution in [-0.2, 0) is 17.8 Å². The molecule has 25 heavy (non-hydrogen) atoms. The zero-order valence-corrected chi connectivity index (χ0v) is 15.0. The minimum absolute atomic E-state index is 0.0920. The molecule has 6 heteroatoms. The van der Waals surface area contributed by atoms with E-state index in [9.17, 15) is 4.79 Å². The van der Waals surface area contributed by atoms with E-state index < -0.39 is 0 Å². The van der Waals surface area contributed by atoms with Gasteiger partial charge in [0, 0.05) is 17.7 Å². The van der Waals surface area contributed by atoms with E-state index in [2.05, 4.69) is 15.3 Å². The Morgan fingerprint density at radius 1 is 1.20 bits per heavy atom. The average Bonchev–Trinajstić information content (AvgIpc) is 2.59. The molecule has 0 spiro atoms. The molecule has 2 heterocycles. The Morgan fingerprint density at radius 3 is 2.76 bits per heavy atom. The number of hydrogen-bond acceptors (Lipinski definition) is 5. The lowest BCUT2D eigenvalue weighted by molar-refractivity contribution is -0.119. The molecule has 1 aliphatic heterocycles. The summed E-state index contributed by atoms with van der Waals surface area (Å²) >= 11 is 0. The van der Waals surface area contributed by atoms with Gasteiger partial charge in [0.05, 0.1) is 13.1 Å². The number of anilines is 1. The van der Waals surface area contributed by atoms with E-state index in [1.807, 2.05) is 45.2 Å². The van der Waals surface area contributed by atoms with Crippen molar-refractivity contribution < 1.29 is 9.53 Å². The van der Waals surface area contributed by atoms with Gasteiger partial charge in [-0.2, -0.15) is 0 Å². The smallest absolute Gasteiger partial charge is 0.228 e. The summed E-state index contributed by atoms with van der Waals surface area (Å²) in [6, 6.07) is 7.88. The number of fused-ring (bicyclic) bond motifs is 1. The van der Waals surface area contributed by atoms with Gasteiger partial charge < -0.3 is 10.1 Å². The molecule has 1 N–H and O–H groups in total. The summed E-state index contributed by atoms with van der Waals surface area (Å²) in [5.41, 5.74) is 3.10. The molecule has 3 rings (SSSR count). The Labute approximate surface area is 148 Å². The topological polar surface area (TPSA) is 67.3 Å². The fourth-order valence-corrected chi connectivity index (χ4v) is 3.07. The molecule has 1 aromatic heterocycles. The molecular formula is C19H24N4O2. The van der Waals surface area contributed by atoms with Crippen molar-refractivity contribution in [3.63, 3.8) is 0 Å². The third-order valence-electron chi connectivity index (χ3n) is 4.38. The number of carbonyl (C=O) groups excluding carboxylic acids is 1. The van der Waals surface area contributed by atoms with Crippen LogP contribution in [0.3, 0.4) is 0 Å². The second-order valence-corrected chi connectivity index (χ2v) is 6.22. The van der Waals surface area contributed by atoms with Crippen LogP contribution in [0.15, 0.2) is 24.3 Å². The van der Waals surface area contributed by atoms with E-state index in [0.29, 0.717) is 38.4 Å². The Kier molecular flexibility index (Phi) is 5.28. The minimum atomic E-state index is 0.0920. The van der Waals surface area contributed by atoms with E-state index in [-0.39, 0.29) is 5.91 Å². The monoisotopic (exact) mass is 340 g/mol. The normalized spacial score (nSPS) is 13.7. The van der Waals surface area contributed by atoms with Crippen LogP contribution in [0, 0.1) is 13.8 Å². The quantitative estimate of drug-likeness (QED) is 0.873. The number of aromatic nitrogens is 2. The van der Waals surface area contributed by atoms with Crippen LogP contribution >= 0.6 is 0 Å². The van der Waals surface area contributed by atoms with Crippen molar-refractivity contribution in [1.29, 1.82) is 0 Å². The Balaban J connectivity index is 1.77. The molecular weight excluding hydrogens is 316 g/mol. The highest BCUT2D eigenvalue weighted by molar-refractivity contribution is 5.95. The van der Waals surface area contributed by atoms with Crippen LogP contribution in [0.4, 0.5) is 5.82 Å². The van der Waals surface area contributed by atoms with Gasteiger partial charge >= 0.3 is 0 Å². The van der Waals surface area contributed by atoms with Gasteiger partial charge in [0.1, 0.15) is 24.0 Å². The highest BCUT2D eigenvalue weighted by atomic mass is 16.5. The predicted octanol–water partition coefficient (Wildman–Crippen LogP) is 2.17. The van der Waals surface area contributed by atoms with Crippen LogP contribution < -0.4 is 15.0 Å². The van der Waals surface area contributed by atoms with Gasteiger partial charge in [-0.05, 0) is 38.9 Å². The summed E-state index contributed by atoms with van der Waals surface area (Å²) in [6.07, 6.45) is 1.20. The van der Waals surface area contributed by atoms with Crippen LogP contribution in [0.25, 0.3) is 0 Å². The molecule has 2 aromatic rings. The van der Waals surface area contributed by atoms with Crippen molar-refractivity contribution in [2.24, 2.45) is 0 Å². The third-order valence-corrected chi connectivity index (χ3v) is 4.38. The van der Waals surface area contributed by atoms with Crippen molar-refractivity contribution in [3.05, 3.63) is 46.9 Å². The van der Waals surface area contributed by atoms with Gasteiger partial charge in [0.2, 0.25) is 5.91 Å². The van der Waals surface area contributed by atoms with Crippen LogP contribution in [0.2, 0.25) is 0 Å². The summed E-state index contributed by atoms with van der Waals surface area (Å²) in [6.45, 7) is 5.49. The second kappa shape index (κ2) is 7.61. The Bertz CT molecular complexity index is 776. The highest BCUT2D eigenvalue weighted by Gasteiger charge is 2.27. The predicted molar refractivity (Wildman–Crippen MR) is 96.9 cm³/mol. The van der Waals surface area contributed by atoms with Crippen molar-refractivity contribution in [1.82, 2.24) is 15.3 Å². The van der Waals surface area contributed by atoms with Crippen LogP contribution in [0.5, 0.6) is 5.75 Å². The lowest BCUT2D eigenvalue weighted by Gasteiger charge is -2.29. The molecule has 0 atom stereocenters. The third kappa shape index (κ3) is 3.79. The second-order valence-electron chi connectivity index (χ2n) is 6.22. The Hall–Kier alpha value is -2.47. The number of nitrogens with zero attached hydrogens (tertiary/aromatic N) is 3. The highest BCUT2D eigenvalue weighted by Crippen LogP contribution is 2.28. The number of carbonyl (C=O) groups is 1. The zero-order valence-electron chi connectivity index (χ0n) is 15.0. The molecule has 0 unspecified atom stereocenters. The number of ether oxygens (including phenoxy) is 1. The molecule has 0 aliphatic carbocycles. The lowest BCUT2D eigenvalue weighted by Crippen LogP contribution is -2.39. The average molecular weight is 340 g/mol. The first kappa shape index (κ1) is 17.4. The minimum Gasteiger partial charge on any atom is -0.491 e. The fourth-order valence-electron chi connectivity index (χ4n) is 3.07. The van der Waals surface area contributed by atoms with Crippen LogP contribution in [0.1, 0.15) is 29.1 Å². The van der Waals surface area contributed by atoms with E-state index in [4.69, 9.17) is 4.74 Å². The van der Waals surface area contributed by atoms with Crippen LogP contribution in [-0.4, -0.2) is 36.1 Å². The molecule has 0 saturated heterocycles. The van der Waals surface area contributed by atoms with E-state index in [1.54, 1.807) is 4.90 Å². The SMILES string of the molecule is CNCc1nc(C)c2c(n1)N(CCOc1ccccc1C)C(=O)CC2. The van der Waals surface area contributed by atoms with Gasteiger partial charge in [-0.3, -0.25) is 9.69 Å². The van der Waals surface area contributed by atoms with Gasteiger partial charge in [0.25, 0.3) is 0 Å². The number of para-hydroxylation sites is 1. The maximum absolute atomic E-state index is 12.4. The fraction of sp³-hybridized carbons (Fsp3) is 0.421. The van der Waals surface area contributed by atoms with E-state index in [1.165, 1.54) is 0 Å². The maximum Gasteiger partial charge on any atom is 0.228 e. The first-order valence-corrected chi connectivity index (χ1v) is 8.60. The molecule has 6 nitrogen and oxygen atoms in total. The van der Waals surface area contributed by atoms with E-state index in [0.717, 1.165) is 28.4 Å². The summed E-state index contributed by atoms with van der Waals surface area (Å²) in [7, 11) is 1.86. The molecule has 0 bridgehead atoms. The van der Waals surface area contributed by atoms with Gasteiger partial charge in [-0.25, -0.2) is 9.97 Å².